The Morgan fingerprint density at radius 1 is 0.887 bits per heavy atom. The Balaban J connectivity index is 1.07. The van der Waals surface area contributed by atoms with Gasteiger partial charge in [-0.25, -0.2) is 9.78 Å². The summed E-state index contributed by atoms with van der Waals surface area (Å²) < 4.78 is 21.2. The lowest BCUT2D eigenvalue weighted by molar-refractivity contribution is -0.578. The Kier molecular flexibility index (Phi) is 9.93. The summed E-state index contributed by atoms with van der Waals surface area (Å²) in [5.41, 5.74) is -0.990. The first-order chi connectivity index (χ1) is 25.0. The molecule has 5 aliphatic carbocycles. The van der Waals surface area contributed by atoms with Crippen LogP contribution >= 0.6 is 0 Å². The smallest absolute Gasteiger partial charge is 0.325 e. The molecule has 1 spiro atoms. The van der Waals surface area contributed by atoms with Crippen molar-refractivity contribution in [1.82, 2.24) is 5.32 Å². The molecule has 9 fully saturated rings. The summed E-state index contributed by atoms with van der Waals surface area (Å²) in [6.07, 6.45) is 8.94. The number of amides is 1. The van der Waals surface area contributed by atoms with Crippen molar-refractivity contribution in [2.24, 2.45) is 70.0 Å². The number of ether oxygens (including phenoxy) is 3. The van der Waals surface area contributed by atoms with Gasteiger partial charge in [0.25, 0.3) is 0 Å². The van der Waals surface area contributed by atoms with Crippen LogP contribution in [-0.4, -0.2) is 75.5 Å². The predicted octanol–water partition coefficient (Wildman–Crippen LogP) is 6.19. The van der Waals surface area contributed by atoms with Crippen LogP contribution in [0.5, 0.6) is 0 Å². The van der Waals surface area contributed by atoms with Gasteiger partial charge in [0.1, 0.15) is 6.04 Å². The maximum Gasteiger partial charge on any atom is 0.325 e. The summed E-state index contributed by atoms with van der Waals surface area (Å²) in [7, 11) is 0. The van der Waals surface area contributed by atoms with Crippen LogP contribution < -0.4 is 5.32 Å². The van der Waals surface area contributed by atoms with Gasteiger partial charge in [0.15, 0.2) is 18.2 Å². The van der Waals surface area contributed by atoms with E-state index < -0.39 is 42.1 Å². The van der Waals surface area contributed by atoms with E-state index in [0.717, 1.165) is 64.2 Å². The quantitative estimate of drug-likeness (QED) is 0.167. The van der Waals surface area contributed by atoms with Crippen LogP contribution in [-0.2, 0) is 33.6 Å². The Morgan fingerprint density at radius 2 is 1.64 bits per heavy atom. The van der Waals surface area contributed by atoms with Gasteiger partial charge in [0.05, 0.1) is 18.3 Å². The molecule has 1 amide bonds. The standard InChI is InChI=1S/C42H67NO10/c1-21(9-13-34(46)43-24(4)36(47)48)27-11-12-30-35-31(20-33(45)41(27,30)7)39(5)16-14-26(44)18-25(39)19-32(35)49-37-23(3)29-10-8-22(2)28-15-17-40(6)51-38(50-37)42(28,29)53-52-40/h21-33,35,37-38,44-45H,8-20H2,1-7H3,(H,43,46)(H,47,48)/t21-,22-,23-,24?,25?,26-,27-,28?,29?,30?,31?,32+,33+,35?,37?,38?,39+,40?,41-,42-/m1/s1. The van der Waals surface area contributed by atoms with Gasteiger partial charge in [-0.2, -0.15) is 0 Å². The number of aliphatic hydroxyl groups excluding tert-OH is 2. The summed E-state index contributed by atoms with van der Waals surface area (Å²) in [5, 5.41) is 35.1. The van der Waals surface area contributed by atoms with Crippen molar-refractivity contribution >= 4 is 11.9 Å². The molecule has 0 aromatic rings. The molecule has 4 aliphatic heterocycles. The lowest BCUT2D eigenvalue weighted by Crippen LogP contribution is -2.71. The number of fused-ring (bicyclic) bond motifs is 7. The number of carbonyl (C=O) groups excluding carboxylic acids is 1. The van der Waals surface area contributed by atoms with E-state index in [2.05, 4.69) is 39.9 Å². The highest BCUT2D eigenvalue weighted by atomic mass is 17.3. The van der Waals surface area contributed by atoms with Crippen molar-refractivity contribution in [1.29, 1.82) is 0 Å². The molecule has 53 heavy (non-hydrogen) atoms. The zero-order valence-electron chi connectivity index (χ0n) is 33.1. The number of aliphatic hydroxyl groups is 2. The molecule has 5 saturated carbocycles. The highest BCUT2D eigenvalue weighted by Crippen LogP contribution is 2.69. The van der Waals surface area contributed by atoms with Crippen molar-refractivity contribution < 1.29 is 48.9 Å². The summed E-state index contributed by atoms with van der Waals surface area (Å²) in [4.78, 5) is 36.5. The van der Waals surface area contributed by atoms with Crippen LogP contribution in [0.25, 0.3) is 0 Å². The van der Waals surface area contributed by atoms with Gasteiger partial charge in [-0.05, 0) is 143 Å². The van der Waals surface area contributed by atoms with Gasteiger partial charge in [0, 0.05) is 24.7 Å². The monoisotopic (exact) mass is 745 g/mol. The Morgan fingerprint density at radius 3 is 2.40 bits per heavy atom. The maximum absolute atomic E-state index is 12.7. The molecule has 11 nitrogen and oxygen atoms in total. The molecule has 300 valence electrons. The Hall–Kier alpha value is -1.34. The average Bonchev–Trinajstić information content (AvgIpc) is 3.31. The third-order valence-electron chi connectivity index (χ3n) is 17.5. The van der Waals surface area contributed by atoms with E-state index in [1.165, 1.54) is 6.92 Å². The molecule has 0 aromatic heterocycles. The van der Waals surface area contributed by atoms with Crippen molar-refractivity contribution in [3.05, 3.63) is 0 Å². The molecule has 2 bridgehead atoms. The number of carboxylic acids is 1. The number of rotatable bonds is 8. The largest absolute Gasteiger partial charge is 0.480 e. The van der Waals surface area contributed by atoms with Crippen molar-refractivity contribution in [2.75, 3.05) is 0 Å². The zero-order valence-corrected chi connectivity index (χ0v) is 33.1. The van der Waals surface area contributed by atoms with Gasteiger partial charge in [-0.3, -0.25) is 9.59 Å². The first kappa shape index (κ1) is 38.5. The van der Waals surface area contributed by atoms with Gasteiger partial charge >= 0.3 is 5.97 Å². The molecular formula is C42H67NO10. The zero-order chi connectivity index (χ0) is 37.8. The SMILES string of the molecule is CC(NC(=O)CC[C@@H](C)[C@H]1CCC2C3C(C[C@H](O)[C@@]21C)[C@@]1(C)CC[C@@H](O)CC1C[C@@H]3OC1OC2OC3(C)CCC4[C@H](C)CCC([C@H]1C)[C@@]24OO3)C(=O)O. The fourth-order valence-electron chi connectivity index (χ4n) is 14.4. The van der Waals surface area contributed by atoms with Crippen LogP contribution in [0.4, 0.5) is 0 Å². The Bertz CT molecular complexity index is 1410. The summed E-state index contributed by atoms with van der Waals surface area (Å²) in [5.74, 6) is 0.292. The molecule has 0 radical (unpaired) electrons. The van der Waals surface area contributed by atoms with Crippen LogP contribution in [0, 0.1) is 70.0 Å². The highest BCUT2D eigenvalue weighted by Gasteiger charge is 2.71. The summed E-state index contributed by atoms with van der Waals surface area (Å²) in [6, 6.07) is -0.921. The average molecular weight is 746 g/mol. The topological polar surface area (TPSA) is 153 Å². The molecule has 0 aromatic carbocycles. The molecular weight excluding hydrogens is 678 g/mol. The van der Waals surface area contributed by atoms with Gasteiger partial charge in [-0.1, -0.05) is 34.6 Å². The lowest BCUT2D eigenvalue weighted by Gasteiger charge is -2.65. The van der Waals surface area contributed by atoms with Crippen LogP contribution in [0.2, 0.25) is 0 Å². The van der Waals surface area contributed by atoms with Gasteiger partial charge in [0.2, 0.25) is 11.7 Å². The lowest BCUT2D eigenvalue weighted by atomic mass is 9.43. The first-order valence-corrected chi connectivity index (χ1v) is 21.3. The fraction of sp³-hybridized carbons (Fsp3) is 0.952. The molecule has 4 N–H and O–H groups in total. The van der Waals surface area contributed by atoms with Crippen LogP contribution in [0.1, 0.15) is 132 Å². The van der Waals surface area contributed by atoms with Crippen molar-refractivity contribution in [3.63, 3.8) is 0 Å². The van der Waals surface area contributed by atoms with Crippen LogP contribution in [0.15, 0.2) is 0 Å². The fourth-order valence-corrected chi connectivity index (χ4v) is 14.4. The second-order valence-electron chi connectivity index (χ2n) is 20.0. The second-order valence-corrected chi connectivity index (χ2v) is 20.0. The van der Waals surface area contributed by atoms with E-state index in [-0.39, 0.29) is 82.7 Å². The summed E-state index contributed by atoms with van der Waals surface area (Å²) >= 11 is 0. The van der Waals surface area contributed by atoms with E-state index in [0.29, 0.717) is 24.7 Å². The molecule has 20 atom stereocenters. The minimum atomic E-state index is -1.04. The number of carbonyl (C=O) groups is 2. The number of aliphatic carboxylic acids is 1. The van der Waals surface area contributed by atoms with Gasteiger partial charge < -0.3 is 34.8 Å². The van der Waals surface area contributed by atoms with E-state index in [4.69, 9.17) is 24.0 Å². The summed E-state index contributed by atoms with van der Waals surface area (Å²) in [6.45, 7) is 15.0. The normalized spacial score (nSPS) is 54.0. The molecule has 10 unspecified atom stereocenters. The number of hydrogen-bond acceptors (Lipinski definition) is 9. The molecule has 9 aliphatic rings. The Labute approximate surface area is 315 Å². The van der Waals surface area contributed by atoms with E-state index in [1.807, 2.05) is 6.92 Å². The second kappa shape index (κ2) is 13.7. The van der Waals surface area contributed by atoms with E-state index in [1.54, 1.807) is 0 Å². The number of carboxylic acid groups (broad SMARTS) is 1. The number of nitrogens with one attached hydrogen (secondary N) is 1. The minimum absolute atomic E-state index is 0.00778. The molecule has 4 saturated heterocycles. The number of hydrogen-bond donors (Lipinski definition) is 4. The first-order valence-electron chi connectivity index (χ1n) is 21.3. The molecule has 9 rings (SSSR count). The third kappa shape index (κ3) is 5.98. The van der Waals surface area contributed by atoms with E-state index in [9.17, 15) is 24.9 Å². The van der Waals surface area contributed by atoms with Crippen molar-refractivity contribution in [3.8, 4) is 0 Å². The van der Waals surface area contributed by atoms with Gasteiger partial charge in [-0.15, -0.1) is 0 Å². The third-order valence-corrected chi connectivity index (χ3v) is 17.5. The van der Waals surface area contributed by atoms with Crippen molar-refractivity contribution in [2.45, 2.75) is 180 Å². The highest BCUT2D eigenvalue weighted by molar-refractivity contribution is 5.83. The van der Waals surface area contributed by atoms with Crippen LogP contribution in [0.3, 0.4) is 0 Å². The molecule has 11 heteroatoms. The minimum Gasteiger partial charge on any atom is -0.480 e. The predicted molar refractivity (Wildman–Crippen MR) is 193 cm³/mol. The maximum atomic E-state index is 12.7. The van der Waals surface area contributed by atoms with E-state index >= 15 is 0 Å². The molecule has 4 heterocycles.